The van der Waals surface area contributed by atoms with Gasteiger partial charge in [-0.25, -0.2) is 0 Å². The number of allylic oxidation sites excluding steroid dienone is 6. The summed E-state index contributed by atoms with van der Waals surface area (Å²) in [6.07, 6.45) is 17.5. The van der Waals surface area contributed by atoms with Gasteiger partial charge in [-0.2, -0.15) is 34.4 Å². The van der Waals surface area contributed by atoms with Crippen LogP contribution in [-0.2, 0) is 26.2 Å². The van der Waals surface area contributed by atoms with Crippen molar-refractivity contribution < 1.29 is 51.0 Å². The van der Waals surface area contributed by atoms with Gasteiger partial charge in [-0.05, 0) is 23.0 Å². The summed E-state index contributed by atoms with van der Waals surface area (Å²) < 4.78 is 0. The molecule has 44 heavy (non-hydrogen) atoms. The van der Waals surface area contributed by atoms with Crippen LogP contribution in [0.15, 0.2) is 152 Å². The first kappa shape index (κ1) is 36.8. The number of rotatable bonds is 2. The predicted octanol–water partition coefficient (Wildman–Crippen LogP) is 5.23. The van der Waals surface area contributed by atoms with Crippen LogP contribution in [0.4, 0.5) is 5.69 Å². The summed E-state index contributed by atoms with van der Waals surface area (Å²) in [5.74, 6) is 0.768. The van der Waals surface area contributed by atoms with E-state index in [1.54, 1.807) is 12.1 Å². The zero-order valence-corrected chi connectivity index (χ0v) is 29.0. The molecular formula is C40H36Cl2NZr-3. The quantitative estimate of drug-likeness (QED) is 0.227. The Morgan fingerprint density at radius 2 is 0.886 bits per heavy atom. The van der Waals surface area contributed by atoms with E-state index >= 15 is 0 Å². The number of halogens is 2. The Bertz CT molecular complexity index is 1550. The Labute approximate surface area is 294 Å². The smallest absolute Gasteiger partial charge is 1.00 e. The maximum Gasteiger partial charge on any atom is 2.00 e. The van der Waals surface area contributed by atoms with E-state index in [0.29, 0.717) is 17.5 Å². The Morgan fingerprint density at radius 1 is 0.523 bits per heavy atom. The minimum atomic E-state index is 0. The zero-order chi connectivity index (χ0) is 28.4. The van der Waals surface area contributed by atoms with Crippen molar-refractivity contribution in [2.45, 2.75) is 25.7 Å². The van der Waals surface area contributed by atoms with Crippen LogP contribution < -0.4 is 24.8 Å². The summed E-state index contributed by atoms with van der Waals surface area (Å²) in [4.78, 5) is 0. The Kier molecular flexibility index (Phi) is 15.4. The standard InChI is InChI=1S/2C17H15.C6H6N.2ClH.Zr/c2*1-13-11-15-9-5-6-10-16(17(15)12-13)14-7-3-2-4-8-14;7-6-4-2-1-3-5-6;;;/h2*2-12,16H,1H3;1-5,7H;2*1H;/q3*-1;;;+2/p-2. The van der Waals surface area contributed by atoms with Crippen molar-refractivity contribution in [3.8, 4) is 0 Å². The molecular weight excluding hydrogens is 657 g/mol. The van der Waals surface area contributed by atoms with Crippen molar-refractivity contribution in [3.63, 3.8) is 0 Å². The van der Waals surface area contributed by atoms with Crippen LogP contribution in [0.3, 0.4) is 0 Å². The molecule has 0 spiro atoms. The van der Waals surface area contributed by atoms with E-state index in [2.05, 4.69) is 147 Å². The second-order valence-corrected chi connectivity index (χ2v) is 10.5. The molecule has 5 aromatic carbocycles. The molecule has 2 atom stereocenters. The molecule has 0 bridgehead atoms. The van der Waals surface area contributed by atoms with E-state index in [9.17, 15) is 0 Å². The molecule has 0 fully saturated rings. The molecule has 1 N–H and O–H groups in total. The van der Waals surface area contributed by atoms with Gasteiger partial charge in [-0.1, -0.05) is 129 Å². The van der Waals surface area contributed by atoms with Crippen LogP contribution in [0.2, 0.25) is 0 Å². The average molecular weight is 693 g/mol. The van der Waals surface area contributed by atoms with Gasteiger partial charge in [0.1, 0.15) is 0 Å². The molecule has 1 nitrogen and oxygen atoms in total. The molecule has 222 valence electrons. The van der Waals surface area contributed by atoms with E-state index < -0.39 is 0 Å². The summed E-state index contributed by atoms with van der Waals surface area (Å²) >= 11 is 0. The summed E-state index contributed by atoms with van der Waals surface area (Å²) in [5.41, 5.74) is 18.5. The van der Waals surface area contributed by atoms with Crippen molar-refractivity contribution in [3.05, 3.63) is 202 Å². The molecule has 0 saturated carbocycles. The molecule has 4 heteroatoms. The minimum absolute atomic E-state index is 0. The van der Waals surface area contributed by atoms with Gasteiger partial charge in [0.15, 0.2) is 0 Å². The van der Waals surface area contributed by atoms with E-state index in [0.717, 1.165) is 0 Å². The second-order valence-electron chi connectivity index (χ2n) is 10.5. The van der Waals surface area contributed by atoms with Crippen LogP contribution in [0, 0.1) is 13.8 Å². The average Bonchev–Trinajstić information content (AvgIpc) is 3.41. The van der Waals surface area contributed by atoms with Gasteiger partial charge in [0.25, 0.3) is 0 Å². The monoisotopic (exact) mass is 690 g/mol. The molecule has 7 rings (SSSR count). The van der Waals surface area contributed by atoms with Crippen LogP contribution in [0.1, 0.15) is 56.3 Å². The third-order valence-electron chi connectivity index (χ3n) is 7.34. The molecule has 0 aromatic heterocycles. The summed E-state index contributed by atoms with van der Waals surface area (Å²) in [5, 5.41) is 0. The van der Waals surface area contributed by atoms with Gasteiger partial charge in [-0.3, -0.25) is 0 Å². The second kappa shape index (κ2) is 18.4. The third kappa shape index (κ3) is 9.80. The number of benzene rings is 3. The largest absolute Gasteiger partial charge is 2.00 e. The van der Waals surface area contributed by atoms with Gasteiger partial charge in [-0.15, -0.1) is 53.3 Å². The van der Waals surface area contributed by atoms with Crippen molar-refractivity contribution in [1.82, 2.24) is 0 Å². The van der Waals surface area contributed by atoms with E-state index in [1.807, 2.05) is 18.2 Å². The fourth-order valence-electron chi connectivity index (χ4n) is 5.44. The first-order chi connectivity index (χ1) is 20.1. The molecule has 0 amide bonds. The third-order valence-corrected chi connectivity index (χ3v) is 7.34. The Hall–Kier alpha value is -3.42. The van der Waals surface area contributed by atoms with E-state index in [1.165, 1.54) is 44.5 Å². The van der Waals surface area contributed by atoms with Gasteiger partial charge in [0.05, 0.1) is 0 Å². The Balaban J connectivity index is 0.000000239. The van der Waals surface area contributed by atoms with Gasteiger partial charge in [0.2, 0.25) is 0 Å². The SMILES string of the molecule is Cc1cc2c([cH-]1)C=CC=CC2c1ccccc1.Cc1cc2c([cH-]1)C=CC=CC2c1ccccc1.[Cl-].[Cl-].[NH-]c1ccccc1.[Zr+2]. The number of nitrogens with one attached hydrogen (secondary N) is 1. The number of hydrogen-bond donors (Lipinski definition) is 0. The van der Waals surface area contributed by atoms with Crippen LogP contribution in [0.5, 0.6) is 0 Å². The molecule has 2 aliphatic carbocycles. The normalized spacial score (nSPS) is 15.1. The van der Waals surface area contributed by atoms with Crippen LogP contribution in [0.25, 0.3) is 17.9 Å². The molecule has 0 heterocycles. The van der Waals surface area contributed by atoms with Crippen molar-refractivity contribution in [2.24, 2.45) is 0 Å². The van der Waals surface area contributed by atoms with Gasteiger partial charge < -0.3 is 30.5 Å². The number of fused-ring (bicyclic) bond motifs is 2. The number of aryl methyl sites for hydroxylation is 2. The predicted molar refractivity (Wildman–Crippen MR) is 177 cm³/mol. The first-order valence-electron chi connectivity index (χ1n) is 14.2. The molecule has 0 saturated heterocycles. The van der Waals surface area contributed by atoms with Crippen molar-refractivity contribution >= 4 is 17.8 Å². The van der Waals surface area contributed by atoms with E-state index in [4.69, 9.17) is 5.73 Å². The van der Waals surface area contributed by atoms with Gasteiger partial charge >= 0.3 is 26.2 Å². The van der Waals surface area contributed by atoms with E-state index in [-0.39, 0.29) is 51.0 Å². The van der Waals surface area contributed by atoms with Crippen LogP contribution >= 0.6 is 0 Å². The fraction of sp³-hybridized carbons (Fsp3) is 0.100. The summed E-state index contributed by atoms with van der Waals surface area (Å²) in [7, 11) is 0. The first-order valence-corrected chi connectivity index (χ1v) is 14.2. The molecule has 2 unspecified atom stereocenters. The fourth-order valence-corrected chi connectivity index (χ4v) is 5.44. The minimum Gasteiger partial charge on any atom is -1.00 e. The van der Waals surface area contributed by atoms with Crippen LogP contribution in [-0.4, -0.2) is 0 Å². The zero-order valence-electron chi connectivity index (χ0n) is 25.0. The Morgan fingerprint density at radius 3 is 1.23 bits per heavy atom. The van der Waals surface area contributed by atoms with Crippen molar-refractivity contribution in [1.29, 1.82) is 0 Å². The maximum atomic E-state index is 7.00. The molecule has 5 aromatic rings. The molecule has 0 aliphatic heterocycles. The molecule has 2 aliphatic rings. The maximum absolute atomic E-state index is 7.00. The number of hydrogen-bond acceptors (Lipinski definition) is 0. The summed E-state index contributed by atoms with van der Waals surface area (Å²) in [6.45, 7) is 4.32. The van der Waals surface area contributed by atoms with Crippen molar-refractivity contribution in [2.75, 3.05) is 0 Å². The molecule has 0 radical (unpaired) electrons. The summed E-state index contributed by atoms with van der Waals surface area (Å²) in [6, 6.07) is 39.6. The van der Waals surface area contributed by atoms with Gasteiger partial charge in [0, 0.05) is 0 Å². The topological polar surface area (TPSA) is 23.8 Å².